The molecule has 0 unspecified atom stereocenters. The van der Waals surface area contributed by atoms with Gasteiger partial charge in [-0.25, -0.2) is 4.68 Å². The molecule has 0 aliphatic carbocycles. The Labute approximate surface area is 151 Å². The van der Waals surface area contributed by atoms with E-state index in [1.807, 2.05) is 23.7 Å². The predicted molar refractivity (Wildman–Crippen MR) is 103 cm³/mol. The van der Waals surface area contributed by atoms with Crippen LogP contribution in [0.5, 0.6) is 0 Å². The first-order valence-electron chi connectivity index (χ1n) is 7.95. The number of hydrogen-bond acceptors (Lipinski definition) is 3. The minimum absolute atomic E-state index is 0.765. The quantitative estimate of drug-likeness (QED) is 0.655. The van der Waals surface area contributed by atoms with Crippen molar-refractivity contribution in [3.63, 3.8) is 0 Å². The molecule has 3 nitrogen and oxygen atoms in total. The summed E-state index contributed by atoms with van der Waals surface area (Å²) in [5, 5.41) is 9.22. The molecule has 0 atom stereocenters. The molecule has 122 valence electrons. The standard InChI is InChI=1S/C19H18ClN3S/c1-12-15(20)7-5-8-16(12)23-19-14(10-11-21-19)18(22-23)13-6-3-4-9-17(13)24-2/h3-9,21H,10-11H2,1-2H3. The van der Waals surface area contributed by atoms with Gasteiger partial charge in [-0.3, -0.25) is 0 Å². The average Bonchev–Trinajstić information content (AvgIpc) is 3.20. The van der Waals surface area contributed by atoms with Gasteiger partial charge in [0.05, 0.1) is 11.4 Å². The molecular formula is C19H18ClN3S. The molecule has 0 saturated carbocycles. The van der Waals surface area contributed by atoms with Crippen LogP contribution in [0.2, 0.25) is 5.02 Å². The van der Waals surface area contributed by atoms with Crippen LogP contribution in [0.3, 0.4) is 0 Å². The van der Waals surface area contributed by atoms with Crippen molar-refractivity contribution in [3.05, 3.63) is 58.6 Å². The van der Waals surface area contributed by atoms with Gasteiger partial charge in [0.1, 0.15) is 5.82 Å². The summed E-state index contributed by atoms with van der Waals surface area (Å²) in [4.78, 5) is 1.25. The fraction of sp³-hybridized carbons (Fsp3) is 0.211. The Morgan fingerprint density at radius 1 is 1.17 bits per heavy atom. The number of rotatable bonds is 3. The Bertz CT molecular complexity index is 917. The zero-order valence-corrected chi connectivity index (χ0v) is 15.2. The van der Waals surface area contributed by atoms with Crippen molar-refractivity contribution in [1.82, 2.24) is 9.78 Å². The third kappa shape index (κ3) is 2.41. The van der Waals surface area contributed by atoms with Crippen LogP contribution >= 0.6 is 23.4 Å². The Balaban J connectivity index is 1.95. The highest BCUT2D eigenvalue weighted by Crippen LogP contribution is 2.39. The number of thioether (sulfide) groups is 1. The number of fused-ring (bicyclic) bond motifs is 1. The zero-order chi connectivity index (χ0) is 16.7. The summed E-state index contributed by atoms with van der Waals surface area (Å²) in [7, 11) is 0. The van der Waals surface area contributed by atoms with Crippen molar-refractivity contribution < 1.29 is 0 Å². The fourth-order valence-electron chi connectivity index (χ4n) is 3.23. The van der Waals surface area contributed by atoms with Gasteiger partial charge in [-0.15, -0.1) is 11.8 Å². The van der Waals surface area contributed by atoms with E-state index >= 15 is 0 Å². The Morgan fingerprint density at radius 3 is 2.83 bits per heavy atom. The van der Waals surface area contributed by atoms with Crippen LogP contribution in [0.4, 0.5) is 5.82 Å². The summed E-state index contributed by atoms with van der Waals surface area (Å²) in [6, 6.07) is 14.4. The maximum Gasteiger partial charge on any atom is 0.133 e. The summed E-state index contributed by atoms with van der Waals surface area (Å²) in [6.45, 7) is 2.98. The minimum Gasteiger partial charge on any atom is -0.369 e. The van der Waals surface area contributed by atoms with Crippen molar-refractivity contribution in [2.45, 2.75) is 18.2 Å². The maximum absolute atomic E-state index is 6.32. The van der Waals surface area contributed by atoms with Crippen molar-refractivity contribution in [3.8, 4) is 16.9 Å². The molecule has 0 fully saturated rings. The number of halogens is 1. The van der Waals surface area contributed by atoms with E-state index in [9.17, 15) is 0 Å². The van der Waals surface area contributed by atoms with E-state index in [0.717, 1.165) is 40.8 Å². The topological polar surface area (TPSA) is 29.9 Å². The second-order valence-electron chi connectivity index (χ2n) is 5.85. The summed E-state index contributed by atoms with van der Waals surface area (Å²) < 4.78 is 2.01. The van der Waals surface area contributed by atoms with Gasteiger partial charge in [-0.2, -0.15) is 5.10 Å². The molecule has 3 aromatic rings. The second kappa shape index (κ2) is 6.19. The Kier molecular flexibility index (Phi) is 4.02. The number of nitrogens with one attached hydrogen (secondary N) is 1. The monoisotopic (exact) mass is 355 g/mol. The number of nitrogens with zero attached hydrogens (tertiary/aromatic N) is 2. The van der Waals surface area contributed by atoms with E-state index < -0.39 is 0 Å². The van der Waals surface area contributed by atoms with E-state index in [0.29, 0.717) is 0 Å². The largest absolute Gasteiger partial charge is 0.369 e. The normalized spacial score (nSPS) is 13.0. The molecule has 24 heavy (non-hydrogen) atoms. The van der Waals surface area contributed by atoms with Gasteiger partial charge in [0.15, 0.2) is 0 Å². The van der Waals surface area contributed by atoms with Crippen molar-refractivity contribution in [1.29, 1.82) is 0 Å². The Morgan fingerprint density at radius 2 is 2.00 bits per heavy atom. The van der Waals surface area contributed by atoms with E-state index in [-0.39, 0.29) is 0 Å². The molecule has 1 aliphatic heterocycles. The average molecular weight is 356 g/mol. The van der Waals surface area contributed by atoms with Crippen LogP contribution in [0, 0.1) is 6.92 Å². The SMILES string of the molecule is CSc1ccccc1-c1nn(-c2cccc(Cl)c2C)c2c1CCN2. The summed E-state index contributed by atoms with van der Waals surface area (Å²) >= 11 is 8.08. The van der Waals surface area contributed by atoms with Crippen LogP contribution in [-0.4, -0.2) is 22.6 Å². The zero-order valence-electron chi connectivity index (χ0n) is 13.6. The van der Waals surface area contributed by atoms with Gasteiger partial charge in [0, 0.05) is 27.6 Å². The molecule has 1 N–H and O–H groups in total. The second-order valence-corrected chi connectivity index (χ2v) is 7.10. The molecule has 5 heteroatoms. The highest BCUT2D eigenvalue weighted by molar-refractivity contribution is 7.98. The lowest BCUT2D eigenvalue weighted by atomic mass is 10.1. The van der Waals surface area contributed by atoms with Crippen molar-refractivity contribution >= 4 is 29.2 Å². The van der Waals surface area contributed by atoms with Crippen LogP contribution in [0.25, 0.3) is 16.9 Å². The van der Waals surface area contributed by atoms with Gasteiger partial charge in [-0.1, -0.05) is 35.9 Å². The lowest BCUT2D eigenvalue weighted by molar-refractivity contribution is 0.874. The molecule has 0 spiro atoms. The van der Waals surface area contributed by atoms with Crippen LogP contribution < -0.4 is 5.32 Å². The number of anilines is 1. The molecule has 2 aromatic carbocycles. The summed E-state index contributed by atoms with van der Waals surface area (Å²) in [6.07, 6.45) is 3.10. The van der Waals surface area contributed by atoms with Crippen molar-refractivity contribution in [2.75, 3.05) is 18.1 Å². The number of hydrogen-bond donors (Lipinski definition) is 1. The third-order valence-electron chi connectivity index (χ3n) is 4.48. The predicted octanol–water partition coefficient (Wildman–Crippen LogP) is 5.19. The first-order valence-corrected chi connectivity index (χ1v) is 9.55. The Hall–Kier alpha value is -1.91. The fourth-order valence-corrected chi connectivity index (χ4v) is 4.00. The maximum atomic E-state index is 6.32. The molecule has 4 rings (SSSR count). The van der Waals surface area contributed by atoms with E-state index in [2.05, 4.69) is 41.9 Å². The lowest BCUT2D eigenvalue weighted by Gasteiger charge is -2.10. The summed E-state index contributed by atoms with van der Waals surface area (Å²) in [5.41, 5.74) is 5.63. The van der Waals surface area contributed by atoms with Gasteiger partial charge in [0.2, 0.25) is 0 Å². The van der Waals surface area contributed by atoms with Gasteiger partial charge in [-0.05, 0) is 43.4 Å². The molecule has 1 aliphatic rings. The van der Waals surface area contributed by atoms with Crippen molar-refractivity contribution in [2.24, 2.45) is 0 Å². The molecule has 0 saturated heterocycles. The van der Waals surface area contributed by atoms with Gasteiger partial charge in [0.25, 0.3) is 0 Å². The lowest BCUT2D eigenvalue weighted by Crippen LogP contribution is -2.06. The molecule has 2 heterocycles. The molecule has 1 aromatic heterocycles. The number of aromatic nitrogens is 2. The minimum atomic E-state index is 0.765. The van der Waals surface area contributed by atoms with Crippen LogP contribution in [-0.2, 0) is 6.42 Å². The molecular weight excluding hydrogens is 338 g/mol. The van der Waals surface area contributed by atoms with Crippen LogP contribution in [0.15, 0.2) is 47.4 Å². The highest BCUT2D eigenvalue weighted by atomic mass is 35.5. The first-order chi connectivity index (χ1) is 11.7. The summed E-state index contributed by atoms with van der Waals surface area (Å²) in [5.74, 6) is 1.09. The van der Waals surface area contributed by atoms with E-state index in [1.165, 1.54) is 16.0 Å². The third-order valence-corrected chi connectivity index (χ3v) is 5.69. The van der Waals surface area contributed by atoms with Crippen LogP contribution in [0.1, 0.15) is 11.1 Å². The smallest absolute Gasteiger partial charge is 0.133 e. The van der Waals surface area contributed by atoms with E-state index in [4.69, 9.17) is 16.7 Å². The molecule has 0 bridgehead atoms. The molecule has 0 amide bonds. The number of benzene rings is 2. The molecule has 0 radical (unpaired) electrons. The van der Waals surface area contributed by atoms with E-state index in [1.54, 1.807) is 11.8 Å². The first kappa shape index (κ1) is 15.6. The highest BCUT2D eigenvalue weighted by Gasteiger charge is 2.25. The van der Waals surface area contributed by atoms with Gasteiger partial charge < -0.3 is 5.32 Å². The van der Waals surface area contributed by atoms with Gasteiger partial charge >= 0.3 is 0 Å².